The molecule has 2 nitrogen and oxygen atoms in total. The summed E-state index contributed by atoms with van der Waals surface area (Å²) in [6.07, 6.45) is 0. The third-order valence-corrected chi connectivity index (χ3v) is 3.75. The highest BCUT2D eigenvalue weighted by Crippen LogP contribution is 2.32. The van der Waals surface area contributed by atoms with Gasteiger partial charge in [-0.15, -0.1) is 11.3 Å². The zero-order valence-electron chi connectivity index (χ0n) is 9.87. The lowest BCUT2D eigenvalue weighted by atomic mass is 10.2. The van der Waals surface area contributed by atoms with Gasteiger partial charge in [0.25, 0.3) is 0 Å². The number of rotatable bonds is 3. The van der Waals surface area contributed by atoms with E-state index in [4.69, 9.17) is 4.42 Å². The Balaban J connectivity index is 2.02. The lowest BCUT2D eigenvalue weighted by Crippen LogP contribution is -2.03. The van der Waals surface area contributed by atoms with E-state index in [0.29, 0.717) is 0 Å². The minimum atomic E-state index is -0.239. The van der Waals surface area contributed by atoms with E-state index in [1.165, 1.54) is 17.7 Å². The fraction of sp³-hybridized carbons (Fsp3) is 0.143. The average molecular weight is 261 g/mol. The van der Waals surface area contributed by atoms with Crippen molar-refractivity contribution in [3.63, 3.8) is 0 Å². The van der Waals surface area contributed by atoms with Gasteiger partial charge in [-0.1, -0.05) is 0 Å². The highest BCUT2D eigenvalue weighted by atomic mass is 32.1. The maximum absolute atomic E-state index is 13.1. The van der Waals surface area contributed by atoms with Crippen molar-refractivity contribution < 1.29 is 8.81 Å². The smallest absolute Gasteiger partial charge is 0.145 e. The molecule has 3 aromatic rings. The van der Waals surface area contributed by atoms with Crippen molar-refractivity contribution in [3.8, 4) is 10.6 Å². The first-order valence-corrected chi connectivity index (χ1v) is 6.56. The number of hydrogen-bond acceptors (Lipinski definition) is 3. The number of benzene rings is 1. The van der Waals surface area contributed by atoms with Crippen molar-refractivity contribution in [2.45, 2.75) is 6.54 Å². The molecule has 0 atom stereocenters. The molecule has 0 saturated heterocycles. The van der Waals surface area contributed by atoms with E-state index in [-0.39, 0.29) is 5.82 Å². The molecule has 0 bridgehead atoms. The van der Waals surface area contributed by atoms with Gasteiger partial charge in [-0.25, -0.2) is 4.39 Å². The summed E-state index contributed by atoms with van der Waals surface area (Å²) in [6, 6.07) is 8.54. The minimum absolute atomic E-state index is 0.239. The number of halogens is 1. The largest absolute Gasteiger partial charge is 0.455 e. The van der Waals surface area contributed by atoms with Crippen LogP contribution >= 0.6 is 11.3 Å². The van der Waals surface area contributed by atoms with Crippen molar-refractivity contribution in [3.05, 3.63) is 47.1 Å². The summed E-state index contributed by atoms with van der Waals surface area (Å²) < 4.78 is 18.8. The SMILES string of the molecule is CNCc1csc(-c2cc3cc(F)ccc3o2)c1. The number of nitrogens with one attached hydrogen (secondary N) is 1. The van der Waals surface area contributed by atoms with Crippen LogP contribution in [0.1, 0.15) is 5.56 Å². The first-order chi connectivity index (χ1) is 8.76. The third-order valence-electron chi connectivity index (χ3n) is 2.76. The van der Waals surface area contributed by atoms with Gasteiger partial charge in [0.2, 0.25) is 0 Å². The molecule has 0 unspecified atom stereocenters. The van der Waals surface area contributed by atoms with Crippen molar-refractivity contribution in [1.29, 1.82) is 0 Å². The molecule has 0 spiro atoms. The van der Waals surface area contributed by atoms with Gasteiger partial charge < -0.3 is 9.73 Å². The van der Waals surface area contributed by atoms with Gasteiger partial charge in [-0.05, 0) is 48.3 Å². The molecule has 0 radical (unpaired) electrons. The van der Waals surface area contributed by atoms with Crippen molar-refractivity contribution >= 4 is 22.3 Å². The molecule has 3 rings (SSSR count). The fourth-order valence-electron chi connectivity index (χ4n) is 1.94. The van der Waals surface area contributed by atoms with Crippen molar-refractivity contribution in [2.24, 2.45) is 0 Å². The topological polar surface area (TPSA) is 25.2 Å². The summed E-state index contributed by atoms with van der Waals surface area (Å²) in [5, 5.41) is 6.01. The van der Waals surface area contributed by atoms with Crippen LogP contribution in [0.2, 0.25) is 0 Å². The van der Waals surface area contributed by atoms with E-state index in [0.717, 1.165) is 28.2 Å². The average Bonchev–Trinajstić information content (AvgIpc) is 2.94. The molecule has 92 valence electrons. The van der Waals surface area contributed by atoms with E-state index < -0.39 is 0 Å². The summed E-state index contributed by atoms with van der Waals surface area (Å²) in [7, 11) is 1.92. The summed E-state index contributed by atoms with van der Waals surface area (Å²) in [5.74, 6) is 0.555. The Morgan fingerprint density at radius 2 is 2.17 bits per heavy atom. The standard InChI is InChI=1S/C14H12FNOS/c1-16-7-9-4-14(18-8-9)13-6-10-5-11(15)2-3-12(10)17-13/h2-6,8,16H,7H2,1H3. The molecule has 0 fully saturated rings. The first-order valence-electron chi connectivity index (χ1n) is 5.68. The number of thiophene rings is 1. The van der Waals surface area contributed by atoms with Gasteiger partial charge in [0, 0.05) is 11.9 Å². The number of furan rings is 1. The molecular weight excluding hydrogens is 249 g/mol. The quantitative estimate of drug-likeness (QED) is 0.770. The predicted octanol–water partition coefficient (Wildman–Crippen LogP) is 4.02. The third kappa shape index (κ3) is 2.05. The summed E-state index contributed by atoms with van der Waals surface area (Å²) in [6.45, 7) is 0.839. The lowest BCUT2D eigenvalue weighted by molar-refractivity contribution is 0.619. The molecule has 1 N–H and O–H groups in total. The van der Waals surface area contributed by atoms with Gasteiger partial charge in [-0.2, -0.15) is 0 Å². The van der Waals surface area contributed by atoms with Crippen LogP contribution in [0.5, 0.6) is 0 Å². The number of fused-ring (bicyclic) bond motifs is 1. The molecule has 0 aliphatic carbocycles. The van der Waals surface area contributed by atoms with Crippen LogP contribution in [0.25, 0.3) is 21.6 Å². The van der Waals surface area contributed by atoms with E-state index in [9.17, 15) is 4.39 Å². The molecule has 1 aromatic carbocycles. The zero-order valence-corrected chi connectivity index (χ0v) is 10.7. The van der Waals surface area contributed by atoms with Crippen LogP contribution < -0.4 is 5.32 Å². The van der Waals surface area contributed by atoms with Gasteiger partial charge >= 0.3 is 0 Å². The second-order valence-electron chi connectivity index (χ2n) is 4.14. The van der Waals surface area contributed by atoms with Crippen LogP contribution in [0, 0.1) is 5.82 Å². The molecule has 18 heavy (non-hydrogen) atoms. The van der Waals surface area contributed by atoms with Gasteiger partial charge in [0.05, 0.1) is 4.88 Å². The van der Waals surface area contributed by atoms with Gasteiger partial charge in [-0.3, -0.25) is 0 Å². The second-order valence-corrected chi connectivity index (χ2v) is 5.05. The summed E-state index contributed by atoms with van der Waals surface area (Å²) >= 11 is 1.63. The molecule has 0 aliphatic rings. The molecule has 0 amide bonds. The summed E-state index contributed by atoms with van der Waals surface area (Å²) in [5.41, 5.74) is 1.94. The fourth-order valence-corrected chi connectivity index (χ4v) is 2.80. The molecule has 0 saturated carbocycles. The first kappa shape index (κ1) is 11.4. The Bertz CT molecular complexity index is 686. The van der Waals surface area contributed by atoms with E-state index in [1.807, 2.05) is 13.1 Å². The highest BCUT2D eigenvalue weighted by molar-refractivity contribution is 7.13. The summed E-state index contributed by atoms with van der Waals surface area (Å²) in [4.78, 5) is 1.07. The minimum Gasteiger partial charge on any atom is -0.455 e. The predicted molar refractivity (Wildman–Crippen MR) is 72.2 cm³/mol. The van der Waals surface area contributed by atoms with E-state index in [2.05, 4.69) is 16.8 Å². The van der Waals surface area contributed by atoms with E-state index in [1.54, 1.807) is 17.4 Å². The monoisotopic (exact) mass is 261 g/mol. The second kappa shape index (κ2) is 4.55. The molecule has 0 aliphatic heterocycles. The van der Waals surface area contributed by atoms with Gasteiger partial charge in [0.1, 0.15) is 17.2 Å². The van der Waals surface area contributed by atoms with Crippen LogP contribution in [-0.2, 0) is 6.54 Å². The highest BCUT2D eigenvalue weighted by Gasteiger charge is 2.09. The Labute approximate surface area is 108 Å². The van der Waals surface area contributed by atoms with Crippen LogP contribution in [-0.4, -0.2) is 7.05 Å². The molecule has 2 aromatic heterocycles. The Morgan fingerprint density at radius 3 is 3.00 bits per heavy atom. The van der Waals surface area contributed by atoms with E-state index >= 15 is 0 Å². The van der Waals surface area contributed by atoms with Crippen LogP contribution in [0.4, 0.5) is 4.39 Å². The Morgan fingerprint density at radius 1 is 1.28 bits per heavy atom. The van der Waals surface area contributed by atoms with Crippen LogP contribution in [0.15, 0.2) is 40.1 Å². The molecule has 4 heteroatoms. The molecular formula is C14H12FNOS. The van der Waals surface area contributed by atoms with Gasteiger partial charge in [0.15, 0.2) is 0 Å². The molecule has 2 heterocycles. The zero-order chi connectivity index (χ0) is 12.5. The van der Waals surface area contributed by atoms with Crippen molar-refractivity contribution in [1.82, 2.24) is 5.32 Å². The van der Waals surface area contributed by atoms with Crippen molar-refractivity contribution in [2.75, 3.05) is 7.05 Å². The normalized spacial score (nSPS) is 11.2. The Hall–Kier alpha value is -1.65. The van der Waals surface area contributed by atoms with Crippen LogP contribution in [0.3, 0.4) is 0 Å². The maximum atomic E-state index is 13.1. The number of hydrogen-bond donors (Lipinski definition) is 1. The lowest BCUT2D eigenvalue weighted by Gasteiger charge is -1.91. The Kier molecular flexibility index (Phi) is 2.89. The maximum Gasteiger partial charge on any atom is 0.145 e.